The van der Waals surface area contributed by atoms with Gasteiger partial charge in [-0.15, -0.1) is 11.3 Å². The molecule has 35 heavy (non-hydrogen) atoms. The topological polar surface area (TPSA) is 76.9 Å². The van der Waals surface area contributed by atoms with Crippen LogP contribution in [-0.4, -0.2) is 26.2 Å². The number of anilines is 1. The van der Waals surface area contributed by atoms with Gasteiger partial charge < -0.3 is 5.32 Å². The Morgan fingerprint density at radius 1 is 1.06 bits per heavy atom. The van der Waals surface area contributed by atoms with Gasteiger partial charge in [0.2, 0.25) is 5.91 Å². The van der Waals surface area contributed by atoms with E-state index in [0.717, 1.165) is 33.5 Å². The molecule has 0 spiro atoms. The van der Waals surface area contributed by atoms with E-state index in [2.05, 4.69) is 29.4 Å². The molecule has 5 rings (SSSR count). The van der Waals surface area contributed by atoms with Crippen molar-refractivity contribution in [3.63, 3.8) is 0 Å². The van der Waals surface area contributed by atoms with E-state index in [9.17, 15) is 9.59 Å². The van der Waals surface area contributed by atoms with E-state index in [-0.39, 0.29) is 17.2 Å². The van der Waals surface area contributed by atoms with E-state index < -0.39 is 0 Å². The van der Waals surface area contributed by atoms with Crippen molar-refractivity contribution >= 4 is 55.1 Å². The van der Waals surface area contributed by atoms with Crippen molar-refractivity contribution in [2.75, 3.05) is 11.1 Å². The van der Waals surface area contributed by atoms with Crippen LogP contribution in [0.15, 0.2) is 76.8 Å². The molecule has 6 nitrogen and oxygen atoms in total. The molecule has 0 aliphatic heterocycles. The average Bonchev–Trinajstić information content (AvgIpc) is 3.25. The van der Waals surface area contributed by atoms with Gasteiger partial charge in [-0.1, -0.05) is 60.6 Å². The summed E-state index contributed by atoms with van der Waals surface area (Å²) in [7, 11) is 0. The zero-order chi connectivity index (χ0) is 24.4. The lowest BCUT2D eigenvalue weighted by molar-refractivity contribution is -0.113. The minimum Gasteiger partial charge on any atom is -0.325 e. The van der Waals surface area contributed by atoms with Crippen molar-refractivity contribution in [3.8, 4) is 0 Å². The third kappa shape index (κ3) is 4.99. The number of fused-ring (bicyclic) bond motifs is 3. The Morgan fingerprint density at radius 3 is 2.54 bits per heavy atom. The molecule has 0 fully saturated rings. The van der Waals surface area contributed by atoms with Crippen molar-refractivity contribution in [2.24, 2.45) is 0 Å². The summed E-state index contributed by atoms with van der Waals surface area (Å²) >= 11 is 2.63. The van der Waals surface area contributed by atoms with Crippen molar-refractivity contribution < 1.29 is 4.79 Å². The maximum absolute atomic E-state index is 13.6. The molecule has 5 aromatic rings. The van der Waals surface area contributed by atoms with E-state index in [1.54, 1.807) is 10.8 Å². The van der Waals surface area contributed by atoms with Crippen LogP contribution in [-0.2, 0) is 17.8 Å². The van der Waals surface area contributed by atoms with Gasteiger partial charge in [-0.3, -0.25) is 14.2 Å². The van der Waals surface area contributed by atoms with Crippen LogP contribution in [0.4, 0.5) is 5.69 Å². The number of nitrogens with one attached hydrogen (secondary N) is 1. The van der Waals surface area contributed by atoms with Crippen LogP contribution in [0, 0.1) is 6.92 Å². The molecule has 1 amide bonds. The van der Waals surface area contributed by atoms with E-state index in [4.69, 9.17) is 4.98 Å². The molecule has 0 atom stereocenters. The van der Waals surface area contributed by atoms with Gasteiger partial charge in [-0.25, -0.2) is 9.97 Å². The van der Waals surface area contributed by atoms with Gasteiger partial charge in [-0.05, 0) is 48.7 Å². The number of benzene rings is 2. The first-order valence-electron chi connectivity index (χ1n) is 11.4. The first-order valence-corrected chi connectivity index (χ1v) is 13.2. The van der Waals surface area contributed by atoms with E-state index in [1.165, 1.54) is 28.7 Å². The van der Waals surface area contributed by atoms with Crippen LogP contribution < -0.4 is 10.9 Å². The van der Waals surface area contributed by atoms with E-state index in [1.807, 2.05) is 55.5 Å². The highest BCUT2D eigenvalue weighted by Crippen LogP contribution is 2.30. The Hall–Kier alpha value is -3.49. The van der Waals surface area contributed by atoms with Crippen LogP contribution in [0.1, 0.15) is 23.6 Å². The molecule has 3 heterocycles. The fourth-order valence-electron chi connectivity index (χ4n) is 3.82. The summed E-state index contributed by atoms with van der Waals surface area (Å²) in [6, 6.07) is 19.7. The number of pyridine rings is 1. The molecule has 0 aliphatic carbocycles. The second-order valence-corrected chi connectivity index (χ2v) is 10.2. The first kappa shape index (κ1) is 23.3. The summed E-state index contributed by atoms with van der Waals surface area (Å²) in [6.45, 7) is 4.50. The molecule has 3 aromatic heterocycles. The highest BCUT2D eigenvalue weighted by atomic mass is 32.2. The molecule has 0 radical (unpaired) electrons. The predicted molar refractivity (Wildman–Crippen MR) is 145 cm³/mol. The number of thioether (sulfide) groups is 1. The van der Waals surface area contributed by atoms with Gasteiger partial charge >= 0.3 is 0 Å². The SMILES string of the molecule is CCc1ccc(Cn2c(SCC(=O)Nc3ccc(C)cc3)nc3c(sc4ncccc43)c2=O)cc1. The number of aromatic nitrogens is 3. The number of carbonyl (C=O) groups excluding carboxylic acids is 1. The fraction of sp³-hybridized carbons (Fsp3) is 0.185. The third-order valence-corrected chi connectivity index (χ3v) is 7.82. The molecule has 2 aromatic carbocycles. The maximum atomic E-state index is 13.6. The minimum atomic E-state index is -0.149. The summed E-state index contributed by atoms with van der Waals surface area (Å²) in [4.78, 5) is 36.3. The number of carbonyl (C=O) groups is 1. The van der Waals surface area contributed by atoms with Crippen LogP contribution in [0.3, 0.4) is 0 Å². The summed E-state index contributed by atoms with van der Waals surface area (Å²) in [5, 5.41) is 4.29. The number of nitrogens with zero attached hydrogens (tertiary/aromatic N) is 3. The third-order valence-electron chi connectivity index (χ3n) is 5.76. The number of aryl methyl sites for hydroxylation is 2. The van der Waals surface area contributed by atoms with Gasteiger partial charge in [-0.2, -0.15) is 0 Å². The summed E-state index contributed by atoms with van der Waals surface area (Å²) in [6.07, 6.45) is 2.68. The molecule has 0 aliphatic rings. The fourth-order valence-corrected chi connectivity index (χ4v) is 5.64. The molecule has 0 unspecified atom stereocenters. The van der Waals surface area contributed by atoms with Crippen LogP contribution in [0.5, 0.6) is 0 Å². The van der Waals surface area contributed by atoms with Crippen LogP contribution >= 0.6 is 23.1 Å². The van der Waals surface area contributed by atoms with E-state index in [0.29, 0.717) is 21.9 Å². The molecule has 176 valence electrons. The quantitative estimate of drug-likeness (QED) is 0.231. The number of rotatable bonds is 7. The lowest BCUT2D eigenvalue weighted by Gasteiger charge is -2.13. The van der Waals surface area contributed by atoms with Crippen molar-refractivity contribution in [1.29, 1.82) is 0 Å². The molecule has 1 N–H and O–H groups in total. The Kier molecular flexibility index (Phi) is 6.66. The van der Waals surface area contributed by atoms with Crippen LogP contribution in [0.25, 0.3) is 20.4 Å². The Labute approximate surface area is 211 Å². The predicted octanol–water partition coefficient (Wildman–Crippen LogP) is 5.66. The lowest BCUT2D eigenvalue weighted by atomic mass is 10.1. The monoisotopic (exact) mass is 500 g/mol. The average molecular weight is 501 g/mol. The number of amides is 1. The Balaban J connectivity index is 1.49. The summed E-state index contributed by atoms with van der Waals surface area (Å²) < 4.78 is 2.25. The second-order valence-electron chi connectivity index (χ2n) is 8.29. The molecule has 0 saturated heterocycles. The van der Waals surface area contributed by atoms with Crippen LogP contribution in [0.2, 0.25) is 0 Å². The van der Waals surface area contributed by atoms with Crippen molar-refractivity contribution in [2.45, 2.75) is 32.0 Å². The Bertz CT molecular complexity index is 1570. The summed E-state index contributed by atoms with van der Waals surface area (Å²) in [5.41, 5.74) is 4.65. The highest BCUT2D eigenvalue weighted by molar-refractivity contribution is 7.99. The van der Waals surface area contributed by atoms with Gasteiger partial charge in [0.1, 0.15) is 9.53 Å². The summed E-state index contributed by atoms with van der Waals surface area (Å²) in [5.74, 6) is -0.00938. The number of hydrogen-bond acceptors (Lipinski definition) is 6. The zero-order valence-electron chi connectivity index (χ0n) is 19.4. The van der Waals surface area contributed by atoms with Gasteiger partial charge in [0.25, 0.3) is 5.56 Å². The normalized spacial score (nSPS) is 11.3. The standard InChI is InChI=1S/C27H24N4O2S2/c1-3-18-8-10-19(11-9-18)15-31-26(33)24-23(21-5-4-14-28-25(21)35-24)30-27(31)34-16-22(32)29-20-12-6-17(2)7-13-20/h4-14H,3,15-16H2,1-2H3,(H,29,32). The smallest absolute Gasteiger partial charge is 0.272 e. The van der Waals surface area contributed by atoms with E-state index >= 15 is 0 Å². The van der Waals surface area contributed by atoms with Crippen molar-refractivity contribution in [3.05, 3.63) is 93.9 Å². The van der Waals surface area contributed by atoms with Gasteiger partial charge in [0.05, 0.1) is 17.8 Å². The lowest BCUT2D eigenvalue weighted by Crippen LogP contribution is -2.24. The van der Waals surface area contributed by atoms with Gasteiger partial charge in [0, 0.05) is 17.3 Å². The number of hydrogen-bond donors (Lipinski definition) is 1. The largest absolute Gasteiger partial charge is 0.325 e. The first-order chi connectivity index (χ1) is 17.0. The minimum absolute atomic E-state index is 0.112. The van der Waals surface area contributed by atoms with Crippen molar-refractivity contribution in [1.82, 2.24) is 14.5 Å². The zero-order valence-corrected chi connectivity index (χ0v) is 21.1. The molecular formula is C27H24N4O2S2. The highest BCUT2D eigenvalue weighted by Gasteiger charge is 2.18. The molecule has 8 heteroatoms. The molecular weight excluding hydrogens is 476 g/mol. The number of thiophene rings is 1. The second kappa shape index (κ2) is 10.0. The molecule has 0 bridgehead atoms. The Morgan fingerprint density at radius 2 is 1.80 bits per heavy atom. The maximum Gasteiger partial charge on any atom is 0.272 e. The van der Waals surface area contributed by atoms with Gasteiger partial charge in [0.15, 0.2) is 5.16 Å². The molecule has 0 saturated carbocycles.